The Morgan fingerprint density at radius 2 is 2.06 bits per heavy atom. The lowest BCUT2D eigenvalue weighted by atomic mass is 10.1. The van der Waals surface area contributed by atoms with Gasteiger partial charge in [0.1, 0.15) is 0 Å². The molecule has 0 bridgehead atoms. The molecule has 17 heavy (non-hydrogen) atoms. The van der Waals surface area contributed by atoms with Crippen LogP contribution in [-0.2, 0) is 0 Å². The summed E-state index contributed by atoms with van der Waals surface area (Å²) in [5, 5.41) is 3.47. The average molecular weight is 250 g/mol. The van der Waals surface area contributed by atoms with Gasteiger partial charge >= 0.3 is 0 Å². The van der Waals surface area contributed by atoms with Crippen molar-refractivity contribution in [2.24, 2.45) is 5.73 Å². The summed E-state index contributed by atoms with van der Waals surface area (Å²) in [6.07, 6.45) is 7.38. The number of rotatable bonds is 7. The lowest BCUT2D eigenvalue weighted by Gasteiger charge is -2.17. The number of hydrogen-bond acceptors (Lipinski definition) is 3. The maximum atomic E-state index is 5.80. The molecule has 1 aromatic rings. The van der Waals surface area contributed by atoms with Crippen molar-refractivity contribution in [2.75, 3.05) is 19.3 Å². The summed E-state index contributed by atoms with van der Waals surface area (Å²) in [7, 11) is 0. The number of benzene rings is 1. The Morgan fingerprint density at radius 3 is 2.59 bits per heavy atom. The molecule has 3 heteroatoms. The van der Waals surface area contributed by atoms with E-state index in [2.05, 4.69) is 48.0 Å². The third-order valence-corrected chi connectivity index (χ3v) is 3.43. The Labute approximate surface area is 109 Å². The van der Waals surface area contributed by atoms with E-state index in [-0.39, 0.29) is 6.04 Å². The van der Waals surface area contributed by atoms with E-state index in [0.717, 1.165) is 13.0 Å². The molecule has 0 aliphatic heterocycles. The summed E-state index contributed by atoms with van der Waals surface area (Å²) in [4.78, 5) is 1.29. The van der Waals surface area contributed by atoms with Gasteiger partial charge in [0.25, 0.3) is 0 Å². The number of nitrogens with one attached hydrogen (secondary N) is 1. The first-order chi connectivity index (χ1) is 8.31. The Kier molecular flexibility index (Phi) is 7.01. The second-order valence-electron chi connectivity index (χ2n) is 3.87. The van der Waals surface area contributed by atoms with Crippen LogP contribution in [0.4, 0.5) is 0 Å². The summed E-state index contributed by atoms with van der Waals surface area (Å²) in [5.41, 5.74) is 7.07. The van der Waals surface area contributed by atoms with Gasteiger partial charge in [-0.2, -0.15) is 0 Å². The van der Waals surface area contributed by atoms with E-state index in [0.29, 0.717) is 6.54 Å². The van der Waals surface area contributed by atoms with Gasteiger partial charge in [-0.3, -0.25) is 0 Å². The van der Waals surface area contributed by atoms with E-state index >= 15 is 0 Å². The van der Waals surface area contributed by atoms with Gasteiger partial charge in [-0.15, -0.1) is 11.8 Å². The highest BCUT2D eigenvalue weighted by Crippen LogP contribution is 2.18. The van der Waals surface area contributed by atoms with Crippen molar-refractivity contribution in [1.82, 2.24) is 5.32 Å². The predicted octanol–water partition coefficient (Wildman–Crippen LogP) is 2.96. The minimum Gasteiger partial charge on any atom is -0.329 e. The van der Waals surface area contributed by atoms with Crippen LogP contribution in [0, 0.1) is 0 Å². The van der Waals surface area contributed by atoms with Crippen molar-refractivity contribution < 1.29 is 0 Å². The maximum Gasteiger partial charge on any atom is 0.0444 e. The summed E-state index contributed by atoms with van der Waals surface area (Å²) < 4.78 is 0. The maximum absolute atomic E-state index is 5.80. The van der Waals surface area contributed by atoms with Crippen molar-refractivity contribution >= 4 is 11.8 Å². The second-order valence-corrected chi connectivity index (χ2v) is 4.75. The number of nitrogens with two attached hydrogens (primary N) is 1. The molecule has 0 aromatic heterocycles. The summed E-state index contributed by atoms with van der Waals surface area (Å²) in [5.74, 6) is 0. The zero-order chi connectivity index (χ0) is 12.5. The zero-order valence-corrected chi connectivity index (χ0v) is 11.5. The smallest absolute Gasteiger partial charge is 0.0444 e. The fourth-order valence-electron chi connectivity index (χ4n) is 1.68. The largest absolute Gasteiger partial charge is 0.329 e. The van der Waals surface area contributed by atoms with E-state index < -0.39 is 0 Å². The van der Waals surface area contributed by atoms with Gasteiger partial charge in [-0.05, 0) is 43.8 Å². The molecule has 0 radical (unpaired) electrons. The first-order valence-electron chi connectivity index (χ1n) is 6.00. The van der Waals surface area contributed by atoms with Crippen molar-refractivity contribution in [2.45, 2.75) is 24.3 Å². The Morgan fingerprint density at radius 1 is 1.35 bits per heavy atom. The normalized spacial score (nSPS) is 13.1. The molecule has 0 saturated carbocycles. The first-order valence-corrected chi connectivity index (χ1v) is 7.22. The quantitative estimate of drug-likeness (QED) is 0.444. The molecule has 94 valence electrons. The lowest BCUT2D eigenvalue weighted by molar-refractivity contribution is 0.548. The number of thioether (sulfide) groups is 1. The lowest BCUT2D eigenvalue weighted by Crippen LogP contribution is -2.28. The standard InChI is InChI=1S/C14H22N2S/c1-3-4-5-10-16-14(11-15)12-6-8-13(17-2)9-7-12/h3-4,6-9,14,16H,5,10-11,15H2,1-2H3/b4-3+. The minimum atomic E-state index is 0.260. The van der Waals surface area contributed by atoms with Crippen LogP contribution in [0.2, 0.25) is 0 Å². The van der Waals surface area contributed by atoms with Crippen LogP contribution in [0.1, 0.15) is 24.9 Å². The SMILES string of the molecule is C/C=C/CCNC(CN)c1ccc(SC)cc1. The summed E-state index contributed by atoms with van der Waals surface area (Å²) in [6.45, 7) is 3.65. The molecule has 1 rings (SSSR count). The molecule has 1 atom stereocenters. The molecule has 0 fully saturated rings. The molecule has 0 aliphatic rings. The van der Waals surface area contributed by atoms with E-state index in [9.17, 15) is 0 Å². The summed E-state index contributed by atoms with van der Waals surface area (Å²) in [6, 6.07) is 8.88. The number of hydrogen-bond donors (Lipinski definition) is 2. The van der Waals surface area contributed by atoms with E-state index in [4.69, 9.17) is 5.73 Å². The second kappa shape index (κ2) is 8.34. The first kappa shape index (κ1) is 14.3. The van der Waals surface area contributed by atoms with Crippen LogP contribution in [0.3, 0.4) is 0 Å². The van der Waals surface area contributed by atoms with Crippen LogP contribution in [0.15, 0.2) is 41.3 Å². The fourth-order valence-corrected chi connectivity index (χ4v) is 2.09. The Bertz CT molecular complexity index is 333. The fraction of sp³-hybridized carbons (Fsp3) is 0.429. The van der Waals surface area contributed by atoms with Gasteiger partial charge in [-0.1, -0.05) is 24.3 Å². The van der Waals surface area contributed by atoms with Crippen LogP contribution < -0.4 is 11.1 Å². The Balaban J connectivity index is 2.53. The molecular weight excluding hydrogens is 228 g/mol. The molecule has 0 saturated heterocycles. The highest BCUT2D eigenvalue weighted by molar-refractivity contribution is 7.98. The van der Waals surface area contributed by atoms with Gasteiger partial charge in [0.05, 0.1) is 0 Å². The van der Waals surface area contributed by atoms with E-state index in [1.165, 1.54) is 10.5 Å². The zero-order valence-electron chi connectivity index (χ0n) is 10.6. The molecule has 0 amide bonds. The van der Waals surface area contributed by atoms with E-state index in [1.54, 1.807) is 11.8 Å². The highest BCUT2D eigenvalue weighted by atomic mass is 32.2. The topological polar surface area (TPSA) is 38.0 Å². The van der Waals surface area contributed by atoms with Crippen LogP contribution in [0.5, 0.6) is 0 Å². The molecule has 0 aliphatic carbocycles. The highest BCUT2D eigenvalue weighted by Gasteiger charge is 2.07. The van der Waals surface area contributed by atoms with Gasteiger partial charge in [-0.25, -0.2) is 0 Å². The molecule has 3 N–H and O–H groups in total. The molecule has 0 heterocycles. The summed E-state index contributed by atoms with van der Waals surface area (Å²) >= 11 is 1.76. The van der Waals surface area contributed by atoms with Crippen molar-refractivity contribution in [3.05, 3.63) is 42.0 Å². The molecule has 1 aromatic carbocycles. The van der Waals surface area contributed by atoms with Crippen LogP contribution >= 0.6 is 11.8 Å². The van der Waals surface area contributed by atoms with Crippen LogP contribution in [0.25, 0.3) is 0 Å². The van der Waals surface area contributed by atoms with Gasteiger partial charge in [0, 0.05) is 17.5 Å². The molecular formula is C14H22N2S. The van der Waals surface area contributed by atoms with Gasteiger partial charge in [0.2, 0.25) is 0 Å². The average Bonchev–Trinajstić information content (AvgIpc) is 2.39. The third-order valence-electron chi connectivity index (χ3n) is 2.69. The van der Waals surface area contributed by atoms with Crippen molar-refractivity contribution in [3.63, 3.8) is 0 Å². The third kappa shape index (κ3) is 4.94. The minimum absolute atomic E-state index is 0.260. The van der Waals surface area contributed by atoms with Crippen LogP contribution in [-0.4, -0.2) is 19.3 Å². The van der Waals surface area contributed by atoms with Gasteiger partial charge < -0.3 is 11.1 Å². The van der Waals surface area contributed by atoms with E-state index in [1.807, 2.05) is 6.92 Å². The molecule has 0 spiro atoms. The van der Waals surface area contributed by atoms with Crippen molar-refractivity contribution in [3.8, 4) is 0 Å². The molecule has 2 nitrogen and oxygen atoms in total. The predicted molar refractivity (Wildman–Crippen MR) is 77.5 cm³/mol. The van der Waals surface area contributed by atoms with Gasteiger partial charge in [0.15, 0.2) is 0 Å². The monoisotopic (exact) mass is 250 g/mol. The number of allylic oxidation sites excluding steroid dienone is 1. The van der Waals surface area contributed by atoms with Crippen molar-refractivity contribution in [1.29, 1.82) is 0 Å². The Hall–Kier alpha value is -0.770. The molecule has 1 unspecified atom stereocenters.